The predicted octanol–water partition coefficient (Wildman–Crippen LogP) is 4.09. The summed E-state index contributed by atoms with van der Waals surface area (Å²) >= 11 is 0. The molecule has 4 heteroatoms. The fourth-order valence-corrected chi connectivity index (χ4v) is 3.12. The standard InChI is InChI=1S/C20H15FN2O/c21-18-4-2-1-3-17(18)20(24)23-12-9-16-13-15(5-6-19(16)23)14-7-10-22-11-8-14/h1-8,10-11,13H,9,12H2. The van der Waals surface area contributed by atoms with Gasteiger partial charge < -0.3 is 4.90 Å². The Morgan fingerprint density at radius 1 is 1.00 bits per heavy atom. The molecule has 118 valence electrons. The number of carbonyl (C=O) groups excluding carboxylic acids is 1. The van der Waals surface area contributed by atoms with Crippen molar-refractivity contribution in [3.8, 4) is 11.1 Å². The van der Waals surface area contributed by atoms with Crippen molar-refractivity contribution in [2.45, 2.75) is 6.42 Å². The van der Waals surface area contributed by atoms with Gasteiger partial charge in [0.2, 0.25) is 0 Å². The van der Waals surface area contributed by atoms with Crippen LogP contribution in [0.1, 0.15) is 15.9 Å². The van der Waals surface area contributed by atoms with Gasteiger partial charge in [-0.25, -0.2) is 4.39 Å². The first-order valence-corrected chi connectivity index (χ1v) is 7.84. The van der Waals surface area contributed by atoms with Crippen LogP contribution in [0.15, 0.2) is 67.0 Å². The number of amides is 1. The monoisotopic (exact) mass is 318 g/mol. The molecule has 0 bridgehead atoms. The van der Waals surface area contributed by atoms with Crippen molar-refractivity contribution in [1.29, 1.82) is 0 Å². The zero-order valence-corrected chi connectivity index (χ0v) is 12.9. The Kier molecular flexibility index (Phi) is 3.58. The maximum absolute atomic E-state index is 13.9. The summed E-state index contributed by atoms with van der Waals surface area (Å²) in [4.78, 5) is 18.4. The number of nitrogens with zero attached hydrogens (tertiary/aromatic N) is 2. The minimum atomic E-state index is -0.482. The summed E-state index contributed by atoms with van der Waals surface area (Å²) in [6.45, 7) is 0.572. The van der Waals surface area contributed by atoms with Gasteiger partial charge in [0, 0.05) is 24.6 Å². The van der Waals surface area contributed by atoms with Gasteiger partial charge in [-0.05, 0) is 59.5 Å². The molecule has 0 atom stereocenters. The Hall–Kier alpha value is -3.01. The van der Waals surface area contributed by atoms with E-state index in [0.717, 1.165) is 28.8 Å². The number of hydrogen-bond donors (Lipinski definition) is 0. The number of fused-ring (bicyclic) bond motifs is 1. The highest BCUT2D eigenvalue weighted by molar-refractivity contribution is 6.07. The Morgan fingerprint density at radius 2 is 1.79 bits per heavy atom. The molecule has 4 rings (SSSR count). The van der Waals surface area contributed by atoms with Crippen molar-refractivity contribution < 1.29 is 9.18 Å². The summed E-state index contributed by atoms with van der Waals surface area (Å²) in [6, 6.07) is 16.1. The van der Waals surface area contributed by atoms with E-state index in [-0.39, 0.29) is 11.5 Å². The summed E-state index contributed by atoms with van der Waals surface area (Å²) in [6.07, 6.45) is 4.29. The Labute approximate surface area is 139 Å². The molecule has 1 amide bonds. The molecule has 0 N–H and O–H groups in total. The van der Waals surface area contributed by atoms with Gasteiger partial charge in [0.05, 0.1) is 5.56 Å². The van der Waals surface area contributed by atoms with Crippen LogP contribution in [0, 0.1) is 5.82 Å². The highest BCUT2D eigenvalue weighted by Crippen LogP contribution is 2.33. The summed E-state index contributed by atoms with van der Waals surface area (Å²) in [5.41, 5.74) is 4.27. The highest BCUT2D eigenvalue weighted by Gasteiger charge is 2.27. The van der Waals surface area contributed by atoms with E-state index in [1.807, 2.05) is 24.3 Å². The van der Waals surface area contributed by atoms with Gasteiger partial charge in [-0.2, -0.15) is 0 Å². The van der Waals surface area contributed by atoms with Gasteiger partial charge in [-0.3, -0.25) is 9.78 Å². The molecule has 0 unspecified atom stereocenters. The maximum atomic E-state index is 13.9. The summed E-state index contributed by atoms with van der Waals surface area (Å²) in [5, 5.41) is 0. The van der Waals surface area contributed by atoms with Crippen LogP contribution in [0.3, 0.4) is 0 Å². The lowest BCUT2D eigenvalue weighted by atomic mass is 10.0. The molecule has 2 aromatic carbocycles. The molecule has 0 radical (unpaired) electrons. The lowest BCUT2D eigenvalue weighted by Gasteiger charge is -2.18. The van der Waals surface area contributed by atoms with Crippen LogP contribution < -0.4 is 4.90 Å². The number of hydrogen-bond acceptors (Lipinski definition) is 2. The minimum Gasteiger partial charge on any atom is -0.308 e. The second kappa shape index (κ2) is 5.89. The van der Waals surface area contributed by atoms with Crippen molar-refractivity contribution >= 4 is 11.6 Å². The molecule has 3 nitrogen and oxygen atoms in total. The minimum absolute atomic E-state index is 0.114. The quantitative estimate of drug-likeness (QED) is 0.713. The molecule has 0 spiro atoms. The zero-order chi connectivity index (χ0) is 16.5. The fraction of sp³-hybridized carbons (Fsp3) is 0.100. The number of benzene rings is 2. The van der Waals surface area contributed by atoms with E-state index in [0.29, 0.717) is 6.54 Å². The normalized spacial score (nSPS) is 13.0. The molecule has 0 saturated carbocycles. The lowest BCUT2D eigenvalue weighted by molar-refractivity contribution is 0.0985. The van der Waals surface area contributed by atoms with E-state index in [4.69, 9.17) is 0 Å². The number of pyridine rings is 1. The number of carbonyl (C=O) groups is 1. The Bertz CT molecular complexity index is 909. The molecule has 24 heavy (non-hydrogen) atoms. The zero-order valence-electron chi connectivity index (χ0n) is 12.9. The molecular formula is C20H15FN2O. The van der Waals surface area contributed by atoms with E-state index in [1.165, 1.54) is 12.1 Å². The van der Waals surface area contributed by atoms with Crippen LogP contribution in [0.2, 0.25) is 0 Å². The van der Waals surface area contributed by atoms with Crippen LogP contribution in [0.5, 0.6) is 0 Å². The van der Waals surface area contributed by atoms with Crippen LogP contribution >= 0.6 is 0 Å². The van der Waals surface area contributed by atoms with E-state index < -0.39 is 5.82 Å². The van der Waals surface area contributed by atoms with Gasteiger partial charge in [-0.15, -0.1) is 0 Å². The van der Waals surface area contributed by atoms with Crippen LogP contribution in [0.25, 0.3) is 11.1 Å². The largest absolute Gasteiger partial charge is 0.308 e. The average molecular weight is 318 g/mol. The molecule has 2 heterocycles. The third-order valence-electron chi connectivity index (χ3n) is 4.34. The SMILES string of the molecule is O=C(c1ccccc1F)N1CCc2cc(-c3ccncc3)ccc21. The van der Waals surface area contributed by atoms with Gasteiger partial charge in [0.1, 0.15) is 5.82 Å². The van der Waals surface area contributed by atoms with Crippen molar-refractivity contribution in [2.24, 2.45) is 0 Å². The van der Waals surface area contributed by atoms with Crippen molar-refractivity contribution in [3.63, 3.8) is 0 Å². The molecule has 0 fully saturated rings. The molecule has 1 aliphatic rings. The second-order valence-corrected chi connectivity index (χ2v) is 5.77. The van der Waals surface area contributed by atoms with Crippen LogP contribution in [0.4, 0.5) is 10.1 Å². The van der Waals surface area contributed by atoms with Crippen molar-refractivity contribution in [3.05, 3.63) is 83.9 Å². The smallest absolute Gasteiger partial charge is 0.261 e. The highest BCUT2D eigenvalue weighted by atomic mass is 19.1. The third-order valence-corrected chi connectivity index (χ3v) is 4.34. The maximum Gasteiger partial charge on any atom is 0.261 e. The lowest BCUT2D eigenvalue weighted by Crippen LogP contribution is -2.29. The number of aromatic nitrogens is 1. The van der Waals surface area contributed by atoms with Gasteiger partial charge in [0.15, 0.2) is 0 Å². The third kappa shape index (κ3) is 2.46. The Morgan fingerprint density at radius 3 is 2.58 bits per heavy atom. The summed E-state index contributed by atoms with van der Waals surface area (Å²) in [5.74, 6) is -0.770. The van der Waals surface area contributed by atoms with E-state index >= 15 is 0 Å². The van der Waals surface area contributed by atoms with E-state index in [1.54, 1.807) is 29.4 Å². The average Bonchev–Trinajstić information content (AvgIpc) is 3.05. The van der Waals surface area contributed by atoms with E-state index in [9.17, 15) is 9.18 Å². The first-order valence-electron chi connectivity index (χ1n) is 7.84. The molecule has 1 aliphatic heterocycles. The van der Waals surface area contributed by atoms with Gasteiger partial charge in [0.25, 0.3) is 5.91 Å². The summed E-state index contributed by atoms with van der Waals surface area (Å²) in [7, 11) is 0. The predicted molar refractivity (Wildman–Crippen MR) is 91.5 cm³/mol. The van der Waals surface area contributed by atoms with Gasteiger partial charge >= 0.3 is 0 Å². The number of rotatable bonds is 2. The van der Waals surface area contributed by atoms with Crippen LogP contribution in [-0.4, -0.2) is 17.4 Å². The molecule has 0 aliphatic carbocycles. The summed E-state index contributed by atoms with van der Waals surface area (Å²) < 4.78 is 13.9. The van der Waals surface area contributed by atoms with E-state index in [2.05, 4.69) is 11.1 Å². The Balaban J connectivity index is 1.68. The fourth-order valence-electron chi connectivity index (χ4n) is 3.12. The molecular weight excluding hydrogens is 303 g/mol. The molecule has 3 aromatic rings. The second-order valence-electron chi connectivity index (χ2n) is 5.77. The number of anilines is 1. The molecule has 0 saturated heterocycles. The van der Waals surface area contributed by atoms with Crippen LogP contribution in [-0.2, 0) is 6.42 Å². The first kappa shape index (κ1) is 14.6. The first-order chi connectivity index (χ1) is 11.7. The topological polar surface area (TPSA) is 33.2 Å². The molecule has 1 aromatic heterocycles. The number of halogens is 1. The van der Waals surface area contributed by atoms with Crippen molar-refractivity contribution in [2.75, 3.05) is 11.4 Å². The van der Waals surface area contributed by atoms with Gasteiger partial charge in [-0.1, -0.05) is 18.2 Å². The van der Waals surface area contributed by atoms with Crippen molar-refractivity contribution in [1.82, 2.24) is 4.98 Å².